The van der Waals surface area contributed by atoms with Crippen LogP contribution in [0.3, 0.4) is 0 Å². The van der Waals surface area contributed by atoms with Gasteiger partial charge in [-0.25, -0.2) is 0 Å². The third-order valence-electron chi connectivity index (χ3n) is 2.15. The van der Waals surface area contributed by atoms with E-state index >= 15 is 0 Å². The minimum atomic E-state index is -0.344. The average molecular weight is 240 g/mol. The fraction of sp³-hybridized carbons (Fsp3) is 0.364. The van der Waals surface area contributed by atoms with Crippen LogP contribution in [0, 0.1) is 0 Å². The summed E-state index contributed by atoms with van der Waals surface area (Å²) in [6, 6.07) is 3.45. The van der Waals surface area contributed by atoms with Crippen LogP contribution in [-0.2, 0) is 16.1 Å². The van der Waals surface area contributed by atoms with E-state index in [9.17, 15) is 4.79 Å². The van der Waals surface area contributed by atoms with E-state index in [-0.39, 0.29) is 12.6 Å². The summed E-state index contributed by atoms with van der Waals surface area (Å²) in [6.45, 7) is 1.51. The fourth-order valence-corrected chi connectivity index (χ4v) is 1.38. The lowest BCUT2D eigenvalue weighted by atomic mass is 10.2. The Balaban J connectivity index is 3.04. The van der Waals surface area contributed by atoms with Crippen LogP contribution in [0.15, 0.2) is 12.1 Å². The van der Waals surface area contributed by atoms with Crippen LogP contribution >= 0.6 is 0 Å². The number of anilines is 1. The van der Waals surface area contributed by atoms with Gasteiger partial charge in [0.05, 0.1) is 14.2 Å². The Morgan fingerprint density at radius 1 is 1.29 bits per heavy atom. The summed E-state index contributed by atoms with van der Waals surface area (Å²) in [4.78, 5) is 10.7. The van der Waals surface area contributed by atoms with Crippen LogP contribution in [0.5, 0.6) is 11.5 Å². The molecular weight excluding hydrogens is 224 g/mol. The Hall–Kier alpha value is -1.95. The van der Waals surface area contributed by atoms with Gasteiger partial charge in [0.2, 0.25) is 0 Å². The molecule has 6 nitrogen and oxygen atoms in total. The molecule has 0 saturated carbocycles. The van der Waals surface area contributed by atoms with Gasteiger partial charge in [0.15, 0.2) is 0 Å². The zero-order valence-corrected chi connectivity index (χ0v) is 10.1. The van der Waals surface area contributed by atoms with Gasteiger partial charge in [-0.05, 0) is 17.7 Å². The van der Waals surface area contributed by atoms with E-state index in [1.165, 1.54) is 21.1 Å². The molecule has 0 unspecified atom stereocenters. The lowest BCUT2D eigenvalue weighted by Crippen LogP contribution is -2.10. The number of carbonyl (C=O) groups is 1. The number of hydrogen-bond donors (Lipinski definition) is 2. The maximum atomic E-state index is 10.7. The number of hydrazine groups is 1. The molecule has 0 aliphatic heterocycles. The highest BCUT2D eigenvalue weighted by molar-refractivity contribution is 5.68. The monoisotopic (exact) mass is 240 g/mol. The van der Waals surface area contributed by atoms with Crippen LogP contribution in [0.1, 0.15) is 12.5 Å². The van der Waals surface area contributed by atoms with Crippen molar-refractivity contribution in [1.29, 1.82) is 0 Å². The first-order chi connectivity index (χ1) is 8.12. The van der Waals surface area contributed by atoms with Gasteiger partial charge in [-0.2, -0.15) is 0 Å². The number of nitrogens with two attached hydrogens (primary N) is 1. The Bertz CT molecular complexity index is 381. The molecule has 0 bridgehead atoms. The van der Waals surface area contributed by atoms with Crippen molar-refractivity contribution in [3.8, 4) is 11.5 Å². The number of benzene rings is 1. The van der Waals surface area contributed by atoms with Gasteiger partial charge >= 0.3 is 5.97 Å². The summed E-state index contributed by atoms with van der Waals surface area (Å²) in [5.74, 6) is 6.08. The van der Waals surface area contributed by atoms with E-state index in [4.69, 9.17) is 20.1 Å². The van der Waals surface area contributed by atoms with E-state index in [1.54, 1.807) is 12.1 Å². The zero-order chi connectivity index (χ0) is 12.8. The highest BCUT2D eigenvalue weighted by atomic mass is 16.5. The number of ether oxygens (including phenoxy) is 3. The number of nitrogens with one attached hydrogen (secondary N) is 1. The maximum Gasteiger partial charge on any atom is 0.302 e. The summed E-state index contributed by atoms with van der Waals surface area (Å²) in [5, 5.41) is 0. The molecule has 0 fully saturated rings. The van der Waals surface area contributed by atoms with Gasteiger partial charge in [0.1, 0.15) is 23.8 Å². The third kappa shape index (κ3) is 3.25. The predicted octanol–water partition coefficient (Wildman–Crippen LogP) is 1.05. The minimum Gasteiger partial charge on any atom is -0.494 e. The van der Waals surface area contributed by atoms with E-state index in [1.807, 2.05) is 0 Å². The zero-order valence-electron chi connectivity index (χ0n) is 10.1. The minimum absolute atomic E-state index is 0.160. The van der Waals surface area contributed by atoms with Gasteiger partial charge < -0.3 is 19.6 Å². The molecule has 0 radical (unpaired) electrons. The van der Waals surface area contributed by atoms with Gasteiger partial charge in [-0.1, -0.05) is 0 Å². The summed E-state index contributed by atoms with van der Waals surface area (Å²) >= 11 is 0. The molecular formula is C11H16N2O4. The number of nitrogen functional groups attached to an aromatic ring is 1. The second-order valence-corrected chi connectivity index (χ2v) is 3.30. The highest BCUT2D eigenvalue weighted by Crippen LogP contribution is 2.35. The number of hydrogen-bond acceptors (Lipinski definition) is 6. The smallest absolute Gasteiger partial charge is 0.302 e. The number of esters is 1. The maximum absolute atomic E-state index is 10.7. The molecule has 0 heterocycles. The average Bonchev–Trinajstić information content (AvgIpc) is 2.34. The van der Waals surface area contributed by atoms with Crippen molar-refractivity contribution in [3.63, 3.8) is 0 Å². The second-order valence-electron chi connectivity index (χ2n) is 3.30. The number of methoxy groups -OCH3 is 2. The van der Waals surface area contributed by atoms with Gasteiger partial charge in [0, 0.05) is 6.92 Å². The molecule has 1 aromatic rings. The van der Waals surface area contributed by atoms with Gasteiger partial charge in [-0.3, -0.25) is 10.6 Å². The van der Waals surface area contributed by atoms with Crippen LogP contribution in [0.4, 0.5) is 5.69 Å². The van der Waals surface area contributed by atoms with Crippen molar-refractivity contribution in [1.82, 2.24) is 0 Å². The van der Waals surface area contributed by atoms with Crippen molar-refractivity contribution >= 4 is 11.7 Å². The molecule has 1 aromatic carbocycles. The number of carbonyl (C=O) groups excluding carboxylic acids is 1. The molecule has 6 heteroatoms. The lowest BCUT2D eigenvalue weighted by Gasteiger charge is -2.14. The lowest BCUT2D eigenvalue weighted by molar-refractivity contribution is -0.142. The molecule has 0 aromatic heterocycles. The van der Waals surface area contributed by atoms with Crippen molar-refractivity contribution in [2.75, 3.05) is 19.6 Å². The molecule has 3 N–H and O–H groups in total. The molecule has 0 aliphatic carbocycles. The summed E-state index contributed by atoms with van der Waals surface area (Å²) in [7, 11) is 3.04. The summed E-state index contributed by atoms with van der Waals surface area (Å²) < 4.78 is 15.2. The molecule has 0 aliphatic rings. The Morgan fingerprint density at radius 2 is 1.82 bits per heavy atom. The molecule has 1 rings (SSSR count). The molecule has 94 valence electrons. The Labute approximate surface area is 99.6 Å². The topological polar surface area (TPSA) is 82.8 Å². The second kappa shape index (κ2) is 5.95. The predicted molar refractivity (Wildman–Crippen MR) is 62.8 cm³/mol. The Kier molecular flexibility index (Phi) is 4.59. The molecule has 0 spiro atoms. The van der Waals surface area contributed by atoms with Crippen molar-refractivity contribution < 1.29 is 19.0 Å². The third-order valence-corrected chi connectivity index (χ3v) is 2.15. The SMILES string of the molecule is COc1cc(COC(C)=O)cc(OC)c1NN. The van der Waals surface area contributed by atoms with Crippen LogP contribution in [-0.4, -0.2) is 20.2 Å². The van der Waals surface area contributed by atoms with Gasteiger partial charge in [0.25, 0.3) is 0 Å². The fourth-order valence-electron chi connectivity index (χ4n) is 1.38. The van der Waals surface area contributed by atoms with Crippen molar-refractivity contribution in [2.45, 2.75) is 13.5 Å². The van der Waals surface area contributed by atoms with Crippen molar-refractivity contribution in [3.05, 3.63) is 17.7 Å². The molecule has 17 heavy (non-hydrogen) atoms. The van der Waals surface area contributed by atoms with Gasteiger partial charge in [-0.15, -0.1) is 0 Å². The molecule has 0 atom stereocenters. The quantitative estimate of drug-likeness (QED) is 0.455. The number of rotatable bonds is 5. The standard InChI is InChI=1S/C11H16N2O4/c1-7(14)17-6-8-4-9(15-2)11(13-12)10(5-8)16-3/h4-5,13H,6,12H2,1-3H3. The Morgan fingerprint density at radius 3 is 2.18 bits per heavy atom. The highest BCUT2D eigenvalue weighted by Gasteiger charge is 2.11. The van der Waals surface area contributed by atoms with Crippen molar-refractivity contribution in [2.24, 2.45) is 5.84 Å². The van der Waals surface area contributed by atoms with Crippen LogP contribution in [0.25, 0.3) is 0 Å². The van der Waals surface area contributed by atoms with Crippen LogP contribution < -0.4 is 20.7 Å². The normalized spacial score (nSPS) is 9.65. The van der Waals surface area contributed by atoms with E-state index in [2.05, 4.69) is 5.43 Å². The first-order valence-corrected chi connectivity index (χ1v) is 4.97. The largest absolute Gasteiger partial charge is 0.494 e. The molecule has 0 saturated heterocycles. The van der Waals surface area contributed by atoms with E-state index in [0.717, 1.165) is 5.56 Å². The first-order valence-electron chi connectivity index (χ1n) is 4.97. The van der Waals surface area contributed by atoms with Crippen LogP contribution in [0.2, 0.25) is 0 Å². The van der Waals surface area contributed by atoms with E-state index in [0.29, 0.717) is 17.2 Å². The first kappa shape index (κ1) is 13.1. The molecule has 0 amide bonds. The van der Waals surface area contributed by atoms with E-state index < -0.39 is 0 Å². The summed E-state index contributed by atoms with van der Waals surface area (Å²) in [5.41, 5.74) is 3.80. The summed E-state index contributed by atoms with van der Waals surface area (Å²) in [6.07, 6.45) is 0.